The zero-order valence-corrected chi connectivity index (χ0v) is 19.7. The van der Waals surface area contributed by atoms with Gasteiger partial charge in [0.05, 0.1) is 34.3 Å². The molecule has 184 valence electrons. The van der Waals surface area contributed by atoms with Crippen LogP contribution in [0.3, 0.4) is 0 Å². The summed E-state index contributed by atoms with van der Waals surface area (Å²) in [6.07, 6.45) is 1.51. The van der Waals surface area contributed by atoms with E-state index in [0.717, 1.165) is 18.2 Å². The quantitative estimate of drug-likeness (QED) is 0.433. The number of nitrogens with one attached hydrogen (secondary N) is 1. The molecule has 0 radical (unpaired) electrons. The average Bonchev–Trinajstić information content (AvgIpc) is 3.48. The second-order valence-electron chi connectivity index (χ2n) is 9.97. The molecule has 1 saturated carbocycles. The number of nitrogens with zero attached hydrogens (tertiary/aromatic N) is 6. The molecule has 1 fully saturated rings. The fraction of sp³-hybridized carbons (Fsp3) is 0.360. The Balaban J connectivity index is 1.52. The van der Waals surface area contributed by atoms with Crippen molar-refractivity contribution < 1.29 is 18.3 Å². The van der Waals surface area contributed by atoms with Crippen LogP contribution in [-0.2, 0) is 5.41 Å². The van der Waals surface area contributed by atoms with Crippen LogP contribution in [0.4, 0.5) is 13.2 Å². The van der Waals surface area contributed by atoms with Gasteiger partial charge in [0, 0.05) is 0 Å². The highest BCUT2D eigenvalue weighted by atomic mass is 19.1. The topological polar surface area (TPSA) is 113 Å². The third-order valence-corrected chi connectivity index (χ3v) is 7.86. The third kappa shape index (κ3) is 2.92. The first-order valence-electron chi connectivity index (χ1n) is 11.6. The van der Waals surface area contributed by atoms with Gasteiger partial charge in [0.2, 0.25) is 0 Å². The Morgan fingerprint density at radius 2 is 1.78 bits per heavy atom. The Morgan fingerprint density at radius 3 is 2.47 bits per heavy atom. The van der Waals surface area contributed by atoms with Crippen LogP contribution in [0, 0.1) is 22.9 Å². The first-order chi connectivity index (χ1) is 17.1. The highest BCUT2D eigenvalue weighted by molar-refractivity contribution is 5.64. The average molecular weight is 493 g/mol. The summed E-state index contributed by atoms with van der Waals surface area (Å²) in [4.78, 5) is 11.5. The van der Waals surface area contributed by atoms with E-state index in [0.29, 0.717) is 12.1 Å². The lowest BCUT2D eigenvalue weighted by Gasteiger charge is -2.37. The van der Waals surface area contributed by atoms with Crippen molar-refractivity contribution in [3.63, 3.8) is 0 Å². The molecule has 0 aliphatic heterocycles. The number of H-pyrrole nitrogens is 1. The SMILES string of the molecule is C[C@@H](O)c1nnc(-c2ncc(F)c([C@]34CC[C@@H](c5cc(-c6c(F)cccc6F)nnc53)C4(C)C)n2)[nH]1. The highest BCUT2D eigenvalue weighted by Crippen LogP contribution is 2.69. The van der Waals surface area contributed by atoms with E-state index in [2.05, 4.69) is 35.3 Å². The molecule has 0 saturated heterocycles. The van der Waals surface area contributed by atoms with Crippen molar-refractivity contribution in [3.8, 4) is 22.9 Å². The second-order valence-corrected chi connectivity index (χ2v) is 9.97. The Labute approximate surface area is 204 Å². The minimum Gasteiger partial charge on any atom is -0.385 e. The minimum atomic E-state index is -0.929. The van der Waals surface area contributed by atoms with Gasteiger partial charge in [-0.15, -0.1) is 15.3 Å². The molecular formula is C25H22F3N7O. The van der Waals surface area contributed by atoms with Crippen molar-refractivity contribution in [2.45, 2.75) is 51.0 Å². The highest BCUT2D eigenvalue weighted by Gasteiger charge is 2.66. The van der Waals surface area contributed by atoms with Crippen molar-refractivity contribution in [1.82, 2.24) is 35.3 Å². The molecule has 2 bridgehead atoms. The lowest BCUT2D eigenvalue weighted by atomic mass is 9.66. The molecule has 36 heavy (non-hydrogen) atoms. The third-order valence-electron chi connectivity index (χ3n) is 7.86. The van der Waals surface area contributed by atoms with Crippen LogP contribution in [0.2, 0.25) is 0 Å². The van der Waals surface area contributed by atoms with Crippen LogP contribution in [0.15, 0.2) is 30.5 Å². The van der Waals surface area contributed by atoms with Gasteiger partial charge in [-0.3, -0.25) is 0 Å². The Morgan fingerprint density at radius 1 is 1.03 bits per heavy atom. The van der Waals surface area contributed by atoms with Crippen molar-refractivity contribution >= 4 is 0 Å². The van der Waals surface area contributed by atoms with Crippen molar-refractivity contribution in [2.24, 2.45) is 5.41 Å². The Kier molecular flexibility index (Phi) is 4.82. The van der Waals surface area contributed by atoms with E-state index < -0.39 is 34.4 Å². The van der Waals surface area contributed by atoms with Gasteiger partial charge in [0.25, 0.3) is 0 Å². The maximum atomic E-state index is 15.4. The largest absolute Gasteiger partial charge is 0.385 e. The smallest absolute Gasteiger partial charge is 0.199 e. The summed E-state index contributed by atoms with van der Waals surface area (Å²) in [5, 5.41) is 26.3. The predicted molar refractivity (Wildman–Crippen MR) is 122 cm³/mol. The van der Waals surface area contributed by atoms with Crippen molar-refractivity contribution in [1.29, 1.82) is 0 Å². The number of rotatable bonds is 4. The molecule has 4 aromatic rings. The van der Waals surface area contributed by atoms with E-state index >= 15 is 4.39 Å². The van der Waals surface area contributed by atoms with Gasteiger partial charge >= 0.3 is 0 Å². The number of aliphatic hydroxyl groups is 1. The van der Waals surface area contributed by atoms with Gasteiger partial charge in [-0.2, -0.15) is 5.10 Å². The molecule has 2 aliphatic rings. The van der Waals surface area contributed by atoms with E-state index in [1.807, 2.05) is 13.8 Å². The van der Waals surface area contributed by atoms with Crippen LogP contribution < -0.4 is 0 Å². The summed E-state index contributed by atoms with van der Waals surface area (Å²) < 4.78 is 44.4. The van der Waals surface area contributed by atoms with Gasteiger partial charge < -0.3 is 10.1 Å². The molecule has 6 rings (SSSR count). The first kappa shape index (κ1) is 22.7. The number of halogens is 3. The summed E-state index contributed by atoms with van der Waals surface area (Å²) in [6, 6.07) is 5.32. The van der Waals surface area contributed by atoms with Gasteiger partial charge in [-0.1, -0.05) is 19.9 Å². The number of fused-ring (bicyclic) bond motifs is 5. The van der Waals surface area contributed by atoms with E-state index in [9.17, 15) is 13.9 Å². The molecular weight excluding hydrogens is 471 g/mol. The summed E-state index contributed by atoms with van der Waals surface area (Å²) in [7, 11) is 0. The molecule has 0 amide bonds. The lowest BCUT2D eigenvalue weighted by Crippen LogP contribution is -2.39. The van der Waals surface area contributed by atoms with Crippen LogP contribution in [0.5, 0.6) is 0 Å². The van der Waals surface area contributed by atoms with E-state index in [-0.39, 0.29) is 40.3 Å². The number of aromatic nitrogens is 7. The normalized spacial score (nSPS) is 22.6. The minimum absolute atomic E-state index is 0.0403. The zero-order chi connectivity index (χ0) is 25.4. The van der Waals surface area contributed by atoms with Crippen LogP contribution in [-0.4, -0.2) is 40.5 Å². The lowest BCUT2D eigenvalue weighted by molar-refractivity contribution is 0.189. The van der Waals surface area contributed by atoms with Crippen molar-refractivity contribution in [3.05, 3.63) is 70.7 Å². The number of aromatic amines is 1. The van der Waals surface area contributed by atoms with Crippen LogP contribution >= 0.6 is 0 Å². The molecule has 3 atom stereocenters. The molecule has 2 aliphatic carbocycles. The van der Waals surface area contributed by atoms with E-state index in [1.54, 1.807) is 6.07 Å². The molecule has 3 heterocycles. The first-order valence-corrected chi connectivity index (χ1v) is 11.6. The molecule has 1 aromatic carbocycles. The van der Waals surface area contributed by atoms with Gasteiger partial charge in [0.1, 0.15) is 17.7 Å². The zero-order valence-electron chi connectivity index (χ0n) is 19.7. The monoisotopic (exact) mass is 493 g/mol. The summed E-state index contributed by atoms with van der Waals surface area (Å²) in [6.45, 7) is 5.59. The summed E-state index contributed by atoms with van der Waals surface area (Å²) >= 11 is 0. The van der Waals surface area contributed by atoms with Gasteiger partial charge in [-0.25, -0.2) is 23.1 Å². The van der Waals surface area contributed by atoms with Crippen molar-refractivity contribution in [2.75, 3.05) is 0 Å². The summed E-state index contributed by atoms with van der Waals surface area (Å²) in [5.74, 6) is -1.52. The molecule has 0 unspecified atom stereocenters. The van der Waals surface area contributed by atoms with Crippen LogP contribution in [0.1, 0.15) is 68.4 Å². The maximum Gasteiger partial charge on any atom is 0.199 e. The van der Waals surface area contributed by atoms with Crippen LogP contribution in [0.25, 0.3) is 22.9 Å². The number of benzene rings is 1. The Hall–Kier alpha value is -3.73. The number of hydrogen-bond donors (Lipinski definition) is 2. The summed E-state index contributed by atoms with van der Waals surface area (Å²) in [5.41, 5.74) is -0.0930. The van der Waals surface area contributed by atoms with Gasteiger partial charge in [0.15, 0.2) is 23.3 Å². The second kappa shape index (κ2) is 7.63. The fourth-order valence-corrected chi connectivity index (χ4v) is 6.06. The fourth-order valence-electron chi connectivity index (χ4n) is 6.06. The number of hydrogen-bond acceptors (Lipinski definition) is 7. The number of aliphatic hydroxyl groups excluding tert-OH is 1. The molecule has 3 aromatic heterocycles. The van der Waals surface area contributed by atoms with Gasteiger partial charge in [-0.05, 0) is 54.9 Å². The maximum absolute atomic E-state index is 15.4. The predicted octanol–water partition coefficient (Wildman–Crippen LogP) is 4.39. The van der Waals surface area contributed by atoms with E-state index in [4.69, 9.17) is 0 Å². The van der Waals surface area contributed by atoms with E-state index in [1.165, 1.54) is 25.1 Å². The molecule has 8 nitrogen and oxygen atoms in total. The standard InChI is InChI=1S/C25H22F3N7O/c1-11(36)21-31-23(35-34-21)22-29-10-16(28)20(30-22)25-8-7-13(24(25,2)3)12-9-17(32-33-19(12)25)18-14(26)5-4-6-15(18)27/h4-6,9-11,13,36H,7-8H2,1-3H3,(H,31,34,35)/t11-,13+,25+/m1/s1. The molecule has 0 spiro atoms. The Bertz CT molecular complexity index is 1500. The molecule has 2 N–H and O–H groups in total. The molecule has 11 heteroatoms.